The number of fused-ring (bicyclic) bond motifs is 1. The predicted molar refractivity (Wildman–Crippen MR) is 88.8 cm³/mol. The molecule has 0 amide bonds. The van der Waals surface area contributed by atoms with Gasteiger partial charge in [0.05, 0.1) is 15.9 Å². The summed E-state index contributed by atoms with van der Waals surface area (Å²) in [5.41, 5.74) is 0.635. The molecule has 25 heavy (non-hydrogen) atoms. The summed E-state index contributed by atoms with van der Waals surface area (Å²) in [4.78, 5) is 14.4. The average Bonchev–Trinajstić information content (AvgIpc) is 2.81. The number of hydrogen-bond donors (Lipinski definition) is 2. The first-order valence-electron chi connectivity index (χ1n) is 7.42. The Kier molecular flexibility index (Phi) is 4.44. The molecule has 1 aromatic heterocycles. The van der Waals surface area contributed by atoms with Crippen LogP contribution in [0.5, 0.6) is 0 Å². The molecule has 0 unspecified atom stereocenters. The first-order chi connectivity index (χ1) is 11.8. The summed E-state index contributed by atoms with van der Waals surface area (Å²) in [5.74, 6) is -0.998. The van der Waals surface area contributed by atoms with Crippen molar-refractivity contribution in [1.29, 1.82) is 0 Å². The summed E-state index contributed by atoms with van der Waals surface area (Å²) < 4.78 is 54.6. The van der Waals surface area contributed by atoms with E-state index in [1.165, 1.54) is 35.8 Å². The summed E-state index contributed by atoms with van der Waals surface area (Å²) >= 11 is 0. The zero-order chi connectivity index (χ0) is 18.2. The van der Waals surface area contributed by atoms with Crippen LogP contribution in [0.4, 0.5) is 8.78 Å². The number of nitrogens with zero attached hydrogens (tertiary/aromatic N) is 1. The number of aromatic nitrogens is 2. The maximum atomic E-state index is 13.2. The van der Waals surface area contributed by atoms with E-state index < -0.39 is 27.3 Å². The Hall–Kier alpha value is -2.52. The van der Waals surface area contributed by atoms with E-state index in [0.29, 0.717) is 11.0 Å². The van der Waals surface area contributed by atoms with Gasteiger partial charge in [-0.3, -0.25) is 4.57 Å². The van der Waals surface area contributed by atoms with E-state index in [-0.39, 0.29) is 23.5 Å². The number of rotatable bonds is 5. The van der Waals surface area contributed by atoms with Gasteiger partial charge < -0.3 is 4.98 Å². The molecule has 0 saturated heterocycles. The molecule has 0 saturated carbocycles. The molecule has 3 aromatic rings. The molecule has 1 heterocycles. The lowest BCUT2D eigenvalue weighted by molar-refractivity contribution is 0.571. The topological polar surface area (TPSA) is 84.0 Å². The molecule has 0 radical (unpaired) electrons. The summed E-state index contributed by atoms with van der Waals surface area (Å²) in [7, 11) is -3.84. The van der Waals surface area contributed by atoms with Crippen LogP contribution in [-0.4, -0.2) is 24.5 Å². The van der Waals surface area contributed by atoms with Gasteiger partial charge in [-0.1, -0.05) is 0 Å². The molecule has 0 aliphatic rings. The minimum absolute atomic E-state index is 0.0257. The van der Waals surface area contributed by atoms with Crippen molar-refractivity contribution in [3.05, 3.63) is 64.1 Å². The SMILES string of the molecule is Cc1cc(F)ccc1S(=O)(=O)NCCn1c(=O)[nH]c2cc(F)ccc21. The normalized spacial score (nSPS) is 12.0. The summed E-state index contributed by atoms with van der Waals surface area (Å²) in [5, 5.41) is 0. The number of H-pyrrole nitrogens is 1. The van der Waals surface area contributed by atoms with Gasteiger partial charge in [0.2, 0.25) is 10.0 Å². The van der Waals surface area contributed by atoms with Crippen molar-refractivity contribution in [3.8, 4) is 0 Å². The Labute approximate surface area is 142 Å². The Morgan fingerprint density at radius 3 is 2.52 bits per heavy atom. The molecule has 2 aromatic carbocycles. The van der Waals surface area contributed by atoms with Gasteiger partial charge in [0.25, 0.3) is 0 Å². The van der Waals surface area contributed by atoms with Crippen molar-refractivity contribution < 1.29 is 17.2 Å². The number of aryl methyl sites for hydroxylation is 1. The van der Waals surface area contributed by atoms with Crippen LogP contribution in [-0.2, 0) is 16.6 Å². The van der Waals surface area contributed by atoms with Crippen LogP contribution >= 0.6 is 0 Å². The van der Waals surface area contributed by atoms with Crippen LogP contribution in [0.3, 0.4) is 0 Å². The lowest BCUT2D eigenvalue weighted by Crippen LogP contribution is -2.30. The lowest BCUT2D eigenvalue weighted by atomic mass is 10.2. The van der Waals surface area contributed by atoms with E-state index in [0.717, 1.165) is 12.1 Å². The van der Waals surface area contributed by atoms with E-state index in [2.05, 4.69) is 9.71 Å². The molecule has 132 valence electrons. The van der Waals surface area contributed by atoms with E-state index in [9.17, 15) is 22.0 Å². The second-order valence-corrected chi connectivity index (χ2v) is 7.29. The first-order valence-corrected chi connectivity index (χ1v) is 8.90. The molecular formula is C16H15F2N3O3S. The van der Waals surface area contributed by atoms with Crippen LogP contribution in [0.1, 0.15) is 5.56 Å². The van der Waals surface area contributed by atoms with Crippen molar-refractivity contribution in [2.24, 2.45) is 0 Å². The van der Waals surface area contributed by atoms with Gasteiger partial charge in [0.15, 0.2) is 0 Å². The third-order valence-corrected chi connectivity index (χ3v) is 5.41. The number of imidazole rings is 1. The first kappa shape index (κ1) is 17.3. The molecule has 0 spiro atoms. The minimum Gasteiger partial charge on any atom is -0.305 e. The molecule has 0 bridgehead atoms. The Morgan fingerprint density at radius 1 is 1.12 bits per heavy atom. The second kappa shape index (κ2) is 6.41. The molecule has 3 rings (SSSR count). The van der Waals surface area contributed by atoms with Gasteiger partial charge in [-0.25, -0.2) is 26.7 Å². The Bertz CT molecular complexity index is 1100. The minimum atomic E-state index is -3.84. The van der Waals surface area contributed by atoms with Gasteiger partial charge in [-0.05, 0) is 48.9 Å². The van der Waals surface area contributed by atoms with Crippen LogP contribution in [0.15, 0.2) is 46.1 Å². The highest BCUT2D eigenvalue weighted by molar-refractivity contribution is 7.89. The van der Waals surface area contributed by atoms with Crippen LogP contribution in [0, 0.1) is 18.6 Å². The molecule has 9 heteroatoms. The fourth-order valence-electron chi connectivity index (χ4n) is 2.64. The molecule has 0 atom stereocenters. The number of hydrogen-bond acceptors (Lipinski definition) is 3. The van der Waals surface area contributed by atoms with Crippen molar-refractivity contribution in [2.45, 2.75) is 18.4 Å². The lowest BCUT2D eigenvalue weighted by Gasteiger charge is -2.10. The zero-order valence-electron chi connectivity index (χ0n) is 13.2. The van der Waals surface area contributed by atoms with Gasteiger partial charge in [0.1, 0.15) is 11.6 Å². The highest BCUT2D eigenvalue weighted by atomic mass is 32.2. The third-order valence-electron chi connectivity index (χ3n) is 3.79. The highest BCUT2D eigenvalue weighted by Crippen LogP contribution is 2.16. The highest BCUT2D eigenvalue weighted by Gasteiger charge is 2.17. The average molecular weight is 367 g/mol. The van der Waals surface area contributed by atoms with Gasteiger partial charge >= 0.3 is 5.69 Å². The Balaban J connectivity index is 1.79. The quantitative estimate of drug-likeness (QED) is 0.722. The predicted octanol–water partition coefficient (Wildman–Crippen LogP) is 1.89. The molecular weight excluding hydrogens is 352 g/mol. The summed E-state index contributed by atoms with van der Waals surface area (Å²) in [6, 6.07) is 7.25. The monoisotopic (exact) mass is 367 g/mol. The maximum absolute atomic E-state index is 13.2. The number of nitrogens with one attached hydrogen (secondary N) is 2. The van der Waals surface area contributed by atoms with Crippen molar-refractivity contribution in [2.75, 3.05) is 6.54 Å². The van der Waals surface area contributed by atoms with E-state index in [1.54, 1.807) is 0 Å². The van der Waals surface area contributed by atoms with E-state index in [4.69, 9.17) is 0 Å². The van der Waals surface area contributed by atoms with E-state index >= 15 is 0 Å². The smallest absolute Gasteiger partial charge is 0.305 e. The summed E-state index contributed by atoms with van der Waals surface area (Å²) in [6.45, 7) is 1.50. The number of benzene rings is 2. The van der Waals surface area contributed by atoms with Gasteiger partial charge in [0, 0.05) is 13.1 Å². The number of aromatic amines is 1. The van der Waals surface area contributed by atoms with Gasteiger partial charge in [-0.2, -0.15) is 0 Å². The zero-order valence-corrected chi connectivity index (χ0v) is 14.0. The van der Waals surface area contributed by atoms with Crippen LogP contribution < -0.4 is 10.4 Å². The van der Waals surface area contributed by atoms with Crippen LogP contribution in [0.2, 0.25) is 0 Å². The standard InChI is InChI=1S/C16H15F2N3O3S/c1-10-8-11(17)3-5-15(10)25(23,24)19-6-7-21-14-4-2-12(18)9-13(14)20-16(21)22/h2-5,8-9,19H,6-7H2,1H3,(H,20,22). The molecule has 6 nitrogen and oxygen atoms in total. The van der Waals surface area contributed by atoms with Crippen molar-refractivity contribution in [3.63, 3.8) is 0 Å². The van der Waals surface area contributed by atoms with Crippen molar-refractivity contribution >= 4 is 21.1 Å². The van der Waals surface area contributed by atoms with Gasteiger partial charge in [-0.15, -0.1) is 0 Å². The molecule has 0 fully saturated rings. The third kappa shape index (κ3) is 3.47. The van der Waals surface area contributed by atoms with E-state index in [1.807, 2.05) is 0 Å². The maximum Gasteiger partial charge on any atom is 0.326 e. The largest absolute Gasteiger partial charge is 0.326 e. The van der Waals surface area contributed by atoms with Crippen LogP contribution in [0.25, 0.3) is 11.0 Å². The molecule has 2 N–H and O–H groups in total. The fourth-order valence-corrected chi connectivity index (χ4v) is 3.89. The number of halogens is 2. The Morgan fingerprint density at radius 2 is 1.80 bits per heavy atom. The molecule has 0 aliphatic heterocycles. The van der Waals surface area contributed by atoms with Crippen molar-refractivity contribution in [1.82, 2.24) is 14.3 Å². The number of sulfonamides is 1. The fraction of sp³-hybridized carbons (Fsp3) is 0.188. The summed E-state index contributed by atoms with van der Waals surface area (Å²) in [6.07, 6.45) is 0. The second-order valence-electron chi connectivity index (χ2n) is 5.55. The molecule has 0 aliphatic carbocycles.